The standard InChI is InChI=1S/C10H14N2SSi/c1-14(2,3)12-10-8-6-4-5-7-9(8)13-11-10/h4-7H,1-3H3,(H,11,12). The van der Waals surface area contributed by atoms with Crippen LogP contribution in [0.15, 0.2) is 24.3 Å². The lowest BCUT2D eigenvalue weighted by atomic mass is 10.3. The van der Waals surface area contributed by atoms with Gasteiger partial charge in [-0.1, -0.05) is 31.8 Å². The van der Waals surface area contributed by atoms with Gasteiger partial charge in [-0.15, -0.1) is 0 Å². The molecular weight excluding hydrogens is 208 g/mol. The van der Waals surface area contributed by atoms with Crippen LogP contribution >= 0.6 is 11.5 Å². The minimum absolute atomic E-state index is 1.06. The van der Waals surface area contributed by atoms with Crippen molar-refractivity contribution in [2.24, 2.45) is 0 Å². The summed E-state index contributed by atoms with van der Waals surface area (Å²) in [6.45, 7) is 6.84. The molecule has 0 radical (unpaired) electrons. The first-order valence-corrected chi connectivity index (χ1v) is 8.96. The Morgan fingerprint density at radius 3 is 2.64 bits per heavy atom. The van der Waals surface area contributed by atoms with Crippen molar-refractivity contribution in [2.75, 3.05) is 4.98 Å². The van der Waals surface area contributed by atoms with Crippen LogP contribution in [0.2, 0.25) is 19.6 Å². The van der Waals surface area contributed by atoms with Crippen molar-refractivity contribution in [2.45, 2.75) is 19.6 Å². The fourth-order valence-electron chi connectivity index (χ4n) is 1.33. The van der Waals surface area contributed by atoms with E-state index in [1.165, 1.54) is 10.1 Å². The van der Waals surface area contributed by atoms with Crippen molar-refractivity contribution in [3.8, 4) is 0 Å². The number of benzene rings is 1. The molecule has 0 saturated carbocycles. The summed E-state index contributed by atoms with van der Waals surface area (Å²) in [6.07, 6.45) is 0. The Hall–Kier alpha value is -0.873. The zero-order valence-corrected chi connectivity index (χ0v) is 10.5. The van der Waals surface area contributed by atoms with Crippen LogP contribution in [0.4, 0.5) is 5.82 Å². The van der Waals surface area contributed by atoms with E-state index in [1.54, 1.807) is 11.5 Å². The van der Waals surface area contributed by atoms with Gasteiger partial charge in [0.1, 0.15) is 14.1 Å². The van der Waals surface area contributed by atoms with Crippen molar-refractivity contribution >= 4 is 35.7 Å². The van der Waals surface area contributed by atoms with Crippen LogP contribution < -0.4 is 4.98 Å². The third-order valence-corrected chi connectivity index (χ3v) is 3.68. The average Bonchev–Trinajstić information content (AvgIpc) is 2.47. The first-order valence-electron chi connectivity index (χ1n) is 4.69. The maximum atomic E-state index is 4.45. The molecule has 2 aromatic rings. The van der Waals surface area contributed by atoms with Gasteiger partial charge in [0.25, 0.3) is 0 Å². The highest BCUT2D eigenvalue weighted by atomic mass is 32.1. The summed E-state index contributed by atoms with van der Waals surface area (Å²) in [4.78, 5) is 3.54. The van der Waals surface area contributed by atoms with Crippen LogP contribution in [0, 0.1) is 0 Å². The highest BCUT2D eigenvalue weighted by molar-refractivity contribution is 7.13. The van der Waals surface area contributed by atoms with Crippen LogP contribution in [0.1, 0.15) is 0 Å². The van der Waals surface area contributed by atoms with E-state index in [1.807, 2.05) is 0 Å². The molecule has 0 spiro atoms. The number of nitrogens with zero attached hydrogens (tertiary/aromatic N) is 1. The van der Waals surface area contributed by atoms with Gasteiger partial charge in [0.15, 0.2) is 0 Å². The minimum atomic E-state index is -1.28. The molecule has 0 fully saturated rings. The van der Waals surface area contributed by atoms with Gasteiger partial charge in [0.2, 0.25) is 0 Å². The van der Waals surface area contributed by atoms with Crippen LogP contribution in [0.25, 0.3) is 10.1 Å². The molecule has 0 aliphatic carbocycles. The highest BCUT2D eigenvalue weighted by Gasteiger charge is 2.16. The van der Waals surface area contributed by atoms with E-state index in [2.05, 4.69) is 53.3 Å². The number of nitrogens with one attached hydrogen (secondary N) is 1. The van der Waals surface area contributed by atoms with Gasteiger partial charge in [-0.3, -0.25) is 0 Å². The summed E-state index contributed by atoms with van der Waals surface area (Å²) >= 11 is 1.56. The normalized spacial score (nSPS) is 11.9. The van der Waals surface area contributed by atoms with Gasteiger partial charge in [-0.05, 0) is 23.7 Å². The minimum Gasteiger partial charge on any atom is -0.395 e. The molecule has 4 heteroatoms. The predicted octanol–water partition coefficient (Wildman–Crippen LogP) is 3.54. The Labute approximate surface area is 89.2 Å². The van der Waals surface area contributed by atoms with Crippen molar-refractivity contribution in [1.29, 1.82) is 0 Å². The van der Waals surface area contributed by atoms with Crippen LogP contribution in [-0.2, 0) is 0 Å². The van der Waals surface area contributed by atoms with E-state index in [-0.39, 0.29) is 0 Å². The molecule has 2 rings (SSSR count). The first kappa shape index (κ1) is 9.67. The molecule has 1 heterocycles. The number of hydrogen-bond acceptors (Lipinski definition) is 3. The molecular formula is C10H14N2SSi. The van der Waals surface area contributed by atoms with E-state index in [9.17, 15) is 0 Å². The second-order valence-electron chi connectivity index (χ2n) is 4.40. The van der Waals surface area contributed by atoms with Crippen LogP contribution in [-0.4, -0.2) is 12.6 Å². The molecule has 1 N–H and O–H groups in total. The predicted molar refractivity (Wildman–Crippen MR) is 66.6 cm³/mol. The third kappa shape index (κ3) is 1.96. The van der Waals surface area contributed by atoms with Crippen molar-refractivity contribution in [3.05, 3.63) is 24.3 Å². The summed E-state index contributed by atoms with van der Waals surface area (Å²) in [5, 5.41) is 1.25. The van der Waals surface area contributed by atoms with E-state index in [0.717, 1.165) is 5.82 Å². The molecule has 0 unspecified atom stereocenters. The second-order valence-corrected chi connectivity index (χ2v) is 9.96. The molecule has 2 nitrogen and oxygen atoms in total. The van der Waals surface area contributed by atoms with E-state index < -0.39 is 8.24 Å². The number of fused-ring (bicyclic) bond motifs is 1. The lowest BCUT2D eigenvalue weighted by molar-refractivity contribution is 1.51. The summed E-state index contributed by atoms with van der Waals surface area (Å²) in [7, 11) is -1.28. The SMILES string of the molecule is C[Si](C)(C)Nc1nsc2ccccc12. The Morgan fingerprint density at radius 1 is 1.21 bits per heavy atom. The largest absolute Gasteiger partial charge is 0.395 e. The lowest BCUT2D eigenvalue weighted by Crippen LogP contribution is -2.32. The van der Waals surface area contributed by atoms with Gasteiger partial charge in [0.05, 0.1) is 4.70 Å². The van der Waals surface area contributed by atoms with E-state index in [4.69, 9.17) is 0 Å². The van der Waals surface area contributed by atoms with Gasteiger partial charge >= 0.3 is 0 Å². The topological polar surface area (TPSA) is 24.9 Å². The molecule has 0 amide bonds. The van der Waals surface area contributed by atoms with Crippen molar-refractivity contribution in [3.63, 3.8) is 0 Å². The molecule has 1 aromatic heterocycles. The molecule has 0 saturated heterocycles. The average molecular weight is 222 g/mol. The molecule has 0 atom stereocenters. The quantitative estimate of drug-likeness (QED) is 0.786. The Kier molecular flexibility index (Phi) is 2.32. The third-order valence-electron chi connectivity index (χ3n) is 1.87. The van der Waals surface area contributed by atoms with Crippen LogP contribution in [0.5, 0.6) is 0 Å². The molecule has 74 valence electrons. The summed E-state index contributed by atoms with van der Waals surface area (Å²) < 4.78 is 5.70. The number of hydrogen-bond donors (Lipinski definition) is 1. The fraction of sp³-hybridized carbons (Fsp3) is 0.300. The second kappa shape index (κ2) is 3.36. The molecule has 1 aromatic carbocycles. The van der Waals surface area contributed by atoms with Crippen molar-refractivity contribution in [1.82, 2.24) is 4.37 Å². The Bertz CT molecular complexity index is 445. The number of rotatable bonds is 2. The van der Waals surface area contributed by atoms with Crippen LogP contribution in [0.3, 0.4) is 0 Å². The first-order chi connectivity index (χ1) is 6.56. The van der Waals surface area contributed by atoms with E-state index in [0.29, 0.717) is 0 Å². The van der Waals surface area contributed by atoms with Gasteiger partial charge in [-0.25, -0.2) is 0 Å². The molecule has 14 heavy (non-hydrogen) atoms. The fourth-order valence-corrected chi connectivity index (χ4v) is 3.05. The summed E-state index contributed by atoms with van der Waals surface area (Å²) in [5.41, 5.74) is 0. The Balaban J connectivity index is 2.44. The number of anilines is 1. The van der Waals surface area contributed by atoms with Crippen molar-refractivity contribution < 1.29 is 0 Å². The Morgan fingerprint density at radius 2 is 1.93 bits per heavy atom. The zero-order chi connectivity index (χ0) is 10.2. The van der Waals surface area contributed by atoms with E-state index >= 15 is 0 Å². The molecule has 0 bridgehead atoms. The van der Waals surface area contributed by atoms with Gasteiger partial charge < -0.3 is 4.98 Å². The molecule has 0 aliphatic heterocycles. The smallest absolute Gasteiger partial charge is 0.146 e. The zero-order valence-electron chi connectivity index (χ0n) is 8.66. The lowest BCUT2D eigenvalue weighted by Gasteiger charge is -2.17. The summed E-state index contributed by atoms with van der Waals surface area (Å²) in [6, 6.07) is 8.36. The number of aromatic nitrogens is 1. The molecule has 0 aliphatic rings. The maximum absolute atomic E-state index is 4.45. The van der Waals surface area contributed by atoms with Gasteiger partial charge in [-0.2, -0.15) is 4.37 Å². The summed E-state index contributed by atoms with van der Waals surface area (Å²) in [5.74, 6) is 1.06. The maximum Gasteiger partial charge on any atom is 0.146 e. The highest BCUT2D eigenvalue weighted by Crippen LogP contribution is 2.27. The van der Waals surface area contributed by atoms with Gasteiger partial charge in [0, 0.05) is 5.39 Å². The monoisotopic (exact) mass is 222 g/mol.